The predicted molar refractivity (Wildman–Crippen MR) is 138 cm³/mol. The summed E-state index contributed by atoms with van der Waals surface area (Å²) in [7, 11) is 0.178. The lowest BCUT2D eigenvalue weighted by Gasteiger charge is -2.21. The summed E-state index contributed by atoms with van der Waals surface area (Å²) in [5.74, 6) is -0.455. The van der Waals surface area contributed by atoms with E-state index in [1.807, 2.05) is 44.4 Å². The summed E-state index contributed by atoms with van der Waals surface area (Å²) in [6.07, 6.45) is 8.02. The molecule has 1 aliphatic heterocycles. The van der Waals surface area contributed by atoms with Crippen LogP contribution < -0.4 is 5.48 Å². The number of benzene rings is 2. The lowest BCUT2D eigenvalue weighted by Crippen LogP contribution is -2.32. The first-order chi connectivity index (χ1) is 17.3. The van der Waals surface area contributed by atoms with Crippen LogP contribution in [0.5, 0.6) is 0 Å². The Morgan fingerprint density at radius 3 is 2.78 bits per heavy atom. The van der Waals surface area contributed by atoms with Gasteiger partial charge in [-0.25, -0.2) is 22.7 Å². The van der Waals surface area contributed by atoms with Gasteiger partial charge in [0.1, 0.15) is 0 Å². The van der Waals surface area contributed by atoms with Gasteiger partial charge >= 0.3 is 0 Å². The Balaban J connectivity index is 1.47. The molecular formula is C27H31N3O5S. The molecule has 2 heterocycles. The van der Waals surface area contributed by atoms with Crippen LogP contribution in [0.2, 0.25) is 0 Å². The fraction of sp³-hybridized carbons (Fsp3) is 0.296. The van der Waals surface area contributed by atoms with E-state index in [1.54, 1.807) is 24.3 Å². The van der Waals surface area contributed by atoms with E-state index in [-0.39, 0.29) is 4.90 Å². The normalized spacial score (nSPS) is 16.5. The van der Waals surface area contributed by atoms with Crippen LogP contribution >= 0.6 is 0 Å². The van der Waals surface area contributed by atoms with E-state index in [1.165, 1.54) is 24.5 Å². The molecule has 2 aromatic carbocycles. The zero-order valence-corrected chi connectivity index (χ0v) is 21.3. The third-order valence-electron chi connectivity index (χ3n) is 5.77. The maximum Gasteiger partial charge on any atom is 0.267 e. The third kappa shape index (κ3) is 6.50. The molecule has 1 N–H and O–H groups in total. The van der Waals surface area contributed by atoms with Crippen molar-refractivity contribution in [1.29, 1.82) is 0 Å². The van der Waals surface area contributed by atoms with Crippen molar-refractivity contribution in [1.82, 2.24) is 14.4 Å². The summed E-state index contributed by atoms with van der Waals surface area (Å²) in [4.78, 5) is 19.6. The van der Waals surface area contributed by atoms with E-state index in [9.17, 15) is 13.2 Å². The molecule has 1 unspecified atom stereocenters. The van der Waals surface area contributed by atoms with Crippen LogP contribution in [0.15, 0.2) is 78.0 Å². The van der Waals surface area contributed by atoms with Gasteiger partial charge in [-0.05, 0) is 73.5 Å². The SMILES string of the molecule is CN(C)Cc1ccccc1-c1cccc(S(=O)(=O)n2ccc(/C=C/C(=O)NOC3CCCCO3)c2)c1. The number of ether oxygens (including phenoxy) is 1. The van der Waals surface area contributed by atoms with Crippen LogP contribution in [0.1, 0.15) is 30.4 Å². The Hall–Kier alpha value is -3.24. The van der Waals surface area contributed by atoms with Gasteiger partial charge < -0.3 is 9.64 Å². The number of hydrogen-bond acceptors (Lipinski definition) is 6. The molecule has 0 radical (unpaired) electrons. The van der Waals surface area contributed by atoms with Crippen molar-refractivity contribution >= 4 is 22.0 Å². The first-order valence-corrected chi connectivity index (χ1v) is 13.3. The minimum atomic E-state index is -3.82. The topological polar surface area (TPSA) is 89.9 Å². The number of hydroxylamine groups is 1. The second-order valence-electron chi connectivity index (χ2n) is 8.92. The zero-order chi connectivity index (χ0) is 25.5. The van der Waals surface area contributed by atoms with E-state index in [2.05, 4.69) is 10.4 Å². The third-order valence-corrected chi connectivity index (χ3v) is 7.40. The second-order valence-corrected chi connectivity index (χ2v) is 10.8. The maximum absolute atomic E-state index is 13.3. The Bertz CT molecular complexity index is 1320. The first kappa shape index (κ1) is 25.8. The smallest absolute Gasteiger partial charge is 0.267 e. The van der Waals surface area contributed by atoms with Gasteiger partial charge in [0.05, 0.1) is 4.90 Å². The maximum atomic E-state index is 13.3. The van der Waals surface area contributed by atoms with Crippen molar-refractivity contribution in [2.24, 2.45) is 0 Å². The van der Waals surface area contributed by atoms with Gasteiger partial charge in [-0.2, -0.15) is 0 Å². The molecule has 1 saturated heterocycles. The van der Waals surface area contributed by atoms with E-state index in [0.717, 1.165) is 46.5 Å². The van der Waals surface area contributed by atoms with E-state index >= 15 is 0 Å². The molecule has 190 valence electrons. The molecule has 3 aromatic rings. The number of amides is 1. The Morgan fingerprint density at radius 2 is 2.00 bits per heavy atom. The molecule has 1 atom stereocenters. The van der Waals surface area contributed by atoms with Crippen molar-refractivity contribution in [3.05, 3.63) is 84.2 Å². The van der Waals surface area contributed by atoms with Crippen molar-refractivity contribution in [2.75, 3.05) is 20.7 Å². The van der Waals surface area contributed by atoms with Crippen molar-refractivity contribution < 1.29 is 22.8 Å². The lowest BCUT2D eigenvalue weighted by atomic mass is 9.99. The number of hydrogen-bond donors (Lipinski definition) is 1. The average molecular weight is 510 g/mol. The molecule has 9 heteroatoms. The summed E-state index contributed by atoms with van der Waals surface area (Å²) >= 11 is 0. The van der Waals surface area contributed by atoms with Crippen molar-refractivity contribution in [2.45, 2.75) is 37.0 Å². The summed E-state index contributed by atoms with van der Waals surface area (Å²) in [6, 6.07) is 16.5. The highest BCUT2D eigenvalue weighted by molar-refractivity contribution is 7.90. The molecule has 0 bridgehead atoms. The molecule has 1 aliphatic rings. The number of nitrogens with one attached hydrogen (secondary N) is 1. The van der Waals surface area contributed by atoms with Gasteiger partial charge in [-0.3, -0.25) is 4.79 Å². The van der Waals surface area contributed by atoms with Crippen LogP contribution in [0.4, 0.5) is 0 Å². The van der Waals surface area contributed by atoms with Crippen LogP contribution in [0.3, 0.4) is 0 Å². The fourth-order valence-electron chi connectivity index (χ4n) is 4.00. The molecule has 0 saturated carbocycles. The highest BCUT2D eigenvalue weighted by atomic mass is 32.2. The summed E-state index contributed by atoms with van der Waals surface area (Å²) in [5.41, 5.74) is 5.85. The van der Waals surface area contributed by atoms with Crippen molar-refractivity contribution in [3.8, 4) is 11.1 Å². The van der Waals surface area contributed by atoms with Gasteiger partial charge in [0.2, 0.25) is 0 Å². The molecule has 1 amide bonds. The molecule has 4 rings (SSSR count). The van der Waals surface area contributed by atoms with Crippen molar-refractivity contribution in [3.63, 3.8) is 0 Å². The molecule has 0 spiro atoms. The fourth-order valence-corrected chi connectivity index (χ4v) is 5.25. The molecule has 1 aromatic heterocycles. The Labute approximate surface area is 212 Å². The lowest BCUT2D eigenvalue weighted by molar-refractivity contribution is -0.198. The largest absolute Gasteiger partial charge is 0.350 e. The van der Waals surface area contributed by atoms with E-state index in [4.69, 9.17) is 9.57 Å². The molecule has 8 nitrogen and oxygen atoms in total. The Kier molecular flexibility index (Phi) is 8.37. The van der Waals surface area contributed by atoms with Gasteiger partial charge in [0.15, 0.2) is 6.29 Å². The minimum Gasteiger partial charge on any atom is -0.350 e. The van der Waals surface area contributed by atoms with Gasteiger partial charge in [-0.1, -0.05) is 36.4 Å². The van der Waals surface area contributed by atoms with Crippen LogP contribution in [0, 0.1) is 0 Å². The van der Waals surface area contributed by atoms with Gasteiger partial charge in [0.25, 0.3) is 15.9 Å². The number of nitrogens with zero attached hydrogens (tertiary/aromatic N) is 2. The number of aromatic nitrogens is 1. The number of carbonyl (C=O) groups is 1. The minimum absolute atomic E-state index is 0.185. The first-order valence-electron chi connectivity index (χ1n) is 11.8. The summed E-state index contributed by atoms with van der Waals surface area (Å²) in [5, 5.41) is 0. The predicted octanol–water partition coefficient (Wildman–Crippen LogP) is 4.04. The molecular weight excluding hydrogens is 478 g/mol. The summed E-state index contributed by atoms with van der Waals surface area (Å²) < 4.78 is 33.2. The van der Waals surface area contributed by atoms with E-state index < -0.39 is 22.2 Å². The van der Waals surface area contributed by atoms with Gasteiger partial charge in [-0.15, -0.1) is 0 Å². The van der Waals surface area contributed by atoms with Crippen LogP contribution in [-0.4, -0.2) is 50.2 Å². The van der Waals surface area contributed by atoms with Gasteiger partial charge in [0, 0.05) is 38.0 Å². The molecule has 0 aliphatic carbocycles. The van der Waals surface area contributed by atoms with Crippen LogP contribution in [0.25, 0.3) is 17.2 Å². The van der Waals surface area contributed by atoms with E-state index in [0.29, 0.717) is 12.2 Å². The monoisotopic (exact) mass is 509 g/mol. The zero-order valence-electron chi connectivity index (χ0n) is 20.5. The highest BCUT2D eigenvalue weighted by Gasteiger charge is 2.18. The standard InChI is InChI=1S/C27H31N3O5S/c1-29(2)20-23-8-3-4-11-25(23)22-9-7-10-24(18-22)36(32,33)30-16-15-21(19-30)13-14-26(31)28-35-27-12-5-6-17-34-27/h3-4,7-11,13-16,18-19,27H,5-6,12,17,20H2,1-2H3,(H,28,31)/b14-13+. The average Bonchev–Trinajstić information content (AvgIpc) is 3.37. The van der Waals surface area contributed by atoms with Crippen LogP contribution in [-0.2, 0) is 30.9 Å². The second kappa shape index (κ2) is 11.7. The quantitative estimate of drug-likeness (QED) is 0.346. The Morgan fingerprint density at radius 1 is 1.17 bits per heavy atom. The molecule has 36 heavy (non-hydrogen) atoms. The number of carbonyl (C=O) groups excluding carboxylic acids is 1. The molecule has 1 fully saturated rings. The number of rotatable bonds is 9. The highest BCUT2D eigenvalue weighted by Crippen LogP contribution is 2.27. The summed E-state index contributed by atoms with van der Waals surface area (Å²) in [6.45, 7) is 1.36.